The third kappa shape index (κ3) is 3.04. The molecule has 9 heteroatoms. The lowest BCUT2D eigenvalue weighted by atomic mass is 9.82. The Kier molecular flexibility index (Phi) is 4.59. The first-order chi connectivity index (χ1) is 16.7. The van der Waals surface area contributed by atoms with Gasteiger partial charge in [-0.15, -0.1) is 0 Å². The molecule has 0 fully saturated rings. The number of ether oxygens (including phenoxy) is 3. The zero-order valence-corrected chi connectivity index (χ0v) is 19.9. The first kappa shape index (κ1) is 22.1. The van der Waals surface area contributed by atoms with Crippen molar-refractivity contribution in [2.75, 3.05) is 13.3 Å². The van der Waals surface area contributed by atoms with Gasteiger partial charge in [-0.2, -0.15) is 0 Å². The van der Waals surface area contributed by atoms with Crippen LogP contribution in [-0.2, 0) is 34.7 Å². The fraction of sp³-hybridized carbons (Fsp3) is 0.423. The quantitative estimate of drug-likeness (QED) is 0.429. The number of nitrogens with zero attached hydrogens (tertiary/aromatic N) is 2. The normalized spacial score (nSPS) is 20.0. The molecular formula is C26H27N3O6. The largest absolute Gasteiger partial charge is 0.458 e. The molecule has 0 amide bonds. The van der Waals surface area contributed by atoms with E-state index >= 15 is 0 Å². The molecule has 9 nitrogen and oxygen atoms in total. The monoisotopic (exact) mass is 477 g/mol. The van der Waals surface area contributed by atoms with Crippen molar-refractivity contribution in [1.29, 1.82) is 0 Å². The first-order valence-corrected chi connectivity index (χ1v) is 11.8. The van der Waals surface area contributed by atoms with Gasteiger partial charge in [-0.3, -0.25) is 4.79 Å². The Labute approximate surface area is 201 Å². The van der Waals surface area contributed by atoms with Gasteiger partial charge in [0.15, 0.2) is 17.1 Å². The van der Waals surface area contributed by atoms with Crippen molar-refractivity contribution < 1.29 is 24.1 Å². The minimum Gasteiger partial charge on any atom is -0.458 e. The first-order valence-electron chi connectivity index (χ1n) is 11.8. The van der Waals surface area contributed by atoms with Gasteiger partial charge >= 0.3 is 5.97 Å². The molecule has 3 aromatic rings. The van der Waals surface area contributed by atoms with Crippen LogP contribution in [0.2, 0.25) is 0 Å². The highest BCUT2D eigenvalue weighted by Gasteiger charge is 2.45. The number of benzene rings is 1. The molecule has 0 spiro atoms. The molecule has 0 saturated carbocycles. The van der Waals surface area contributed by atoms with E-state index in [1.165, 1.54) is 0 Å². The van der Waals surface area contributed by atoms with Crippen molar-refractivity contribution in [3.8, 4) is 22.9 Å². The maximum Gasteiger partial charge on any atom is 0.343 e. The molecule has 2 aromatic heterocycles. The van der Waals surface area contributed by atoms with E-state index in [0.717, 1.165) is 22.0 Å². The lowest BCUT2D eigenvalue weighted by Gasteiger charge is -2.31. The standard InChI is InChI=1S/C26H27N3O6/c1-4-26(32)17-6-19-22-15(9-29(19)23(30)16(17)10-33-24(26)31)14(8-25(2,3)11-27)13-5-20-21(35-12-34-20)7-18(13)28-22/h5-7,32H,4,8-12,27H2,1-3H3/t26-/m0/s1. The maximum absolute atomic E-state index is 13.6. The van der Waals surface area contributed by atoms with Crippen molar-refractivity contribution in [3.05, 3.63) is 50.8 Å². The third-order valence-corrected chi connectivity index (χ3v) is 7.51. The topological polar surface area (TPSA) is 126 Å². The van der Waals surface area contributed by atoms with Crippen LogP contribution in [0.25, 0.3) is 22.3 Å². The number of rotatable bonds is 4. The number of carbonyl (C=O) groups is 1. The van der Waals surface area contributed by atoms with Gasteiger partial charge < -0.3 is 29.6 Å². The second-order valence-electron chi connectivity index (χ2n) is 10.3. The lowest BCUT2D eigenvalue weighted by molar-refractivity contribution is -0.172. The number of hydrogen-bond donors (Lipinski definition) is 2. The fourth-order valence-electron chi connectivity index (χ4n) is 5.30. The lowest BCUT2D eigenvalue weighted by Crippen LogP contribution is -2.44. The molecule has 5 heterocycles. The summed E-state index contributed by atoms with van der Waals surface area (Å²) < 4.78 is 18.0. The van der Waals surface area contributed by atoms with Crippen LogP contribution in [-0.4, -0.2) is 34.0 Å². The summed E-state index contributed by atoms with van der Waals surface area (Å²) in [6, 6.07) is 5.54. The van der Waals surface area contributed by atoms with Gasteiger partial charge in [0.2, 0.25) is 6.79 Å². The summed E-state index contributed by atoms with van der Waals surface area (Å²) in [7, 11) is 0. The van der Waals surface area contributed by atoms with Crippen LogP contribution in [0.5, 0.6) is 11.5 Å². The molecule has 3 N–H and O–H groups in total. The summed E-state index contributed by atoms with van der Waals surface area (Å²) in [6.45, 7) is 6.73. The fourth-order valence-corrected chi connectivity index (χ4v) is 5.30. The molecule has 0 radical (unpaired) electrons. The molecule has 35 heavy (non-hydrogen) atoms. The van der Waals surface area contributed by atoms with Gasteiger partial charge in [0, 0.05) is 22.6 Å². The van der Waals surface area contributed by atoms with Crippen molar-refractivity contribution in [1.82, 2.24) is 9.55 Å². The third-order valence-electron chi connectivity index (χ3n) is 7.51. The molecule has 3 aliphatic heterocycles. The van der Waals surface area contributed by atoms with Gasteiger partial charge in [0.1, 0.15) is 6.61 Å². The Morgan fingerprint density at radius 2 is 1.89 bits per heavy atom. The summed E-state index contributed by atoms with van der Waals surface area (Å²) in [5.74, 6) is 0.551. The minimum absolute atomic E-state index is 0.0964. The van der Waals surface area contributed by atoms with E-state index in [9.17, 15) is 14.7 Å². The predicted molar refractivity (Wildman–Crippen MR) is 127 cm³/mol. The van der Waals surface area contributed by atoms with Crippen molar-refractivity contribution in [2.24, 2.45) is 11.1 Å². The molecule has 0 saturated heterocycles. The molecule has 0 bridgehead atoms. The highest BCUT2D eigenvalue weighted by Crippen LogP contribution is 2.44. The number of aliphatic hydroxyl groups is 1. The average Bonchev–Trinajstić information content (AvgIpc) is 3.45. The summed E-state index contributed by atoms with van der Waals surface area (Å²) in [4.78, 5) is 31.0. The number of nitrogens with two attached hydrogens (primary N) is 1. The molecule has 1 aromatic carbocycles. The predicted octanol–water partition coefficient (Wildman–Crippen LogP) is 2.34. The zero-order chi connectivity index (χ0) is 24.7. The van der Waals surface area contributed by atoms with Gasteiger partial charge in [-0.1, -0.05) is 20.8 Å². The molecular weight excluding hydrogens is 450 g/mol. The molecule has 1 atom stereocenters. The molecule has 3 aliphatic rings. The summed E-state index contributed by atoms with van der Waals surface area (Å²) in [6.07, 6.45) is 0.770. The Hall–Kier alpha value is -3.43. The summed E-state index contributed by atoms with van der Waals surface area (Å²) in [5.41, 5.74) is 8.32. The second-order valence-corrected chi connectivity index (χ2v) is 10.3. The van der Waals surface area contributed by atoms with E-state index in [1.54, 1.807) is 17.6 Å². The highest BCUT2D eigenvalue weighted by atomic mass is 16.7. The second kappa shape index (κ2) is 7.29. The Balaban J connectivity index is 1.64. The number of fused-ring (bicyclic) bond motifs is 6. The van der Waals surface area contributed by atoms with Crippen molar-refractivity contribution >= 4 is 16.9 Å². The van der Waals surface area contributed by atoms with Gasteiger partial charge in [0.05, 0.1) is 29.0 Å². The van der Waals surface area contributed by atoms with Crippen LogP contribution < -0.4 is 20.8 Å². The number of aromatic nitrogens is 2. The van der Waals surface area contributed by atoms with E-state index in [0.29, 0.717) is 53.5 Å². The van der Waals surface area contributed by atoms with Crippen molar-refractivity contribution in [2.45, 2.75) is 52.4 Å². The van der Waals surface area contributed by atoms with E-state index in [2.05, 4.69) is 13.8 Å². The van der Waals surface area contributed by atoms with Crippen molar-refractivity contribution in [3.63, 3.8) is 0 Å². The van der Waals surface area contributed by atoms with Crippen LogP contribution in [0.1, 0.15) is 49.4 Å². The van der Waals surface area contributed by atoms with Gasteiger partial charge in [-0.05, 0) is 42.5 Å². The van der Waals surface area contributed by atoms with Gasteiger partial charge in [-0.25, -0.2) is 9.78 Å². The maximum atomic E-state index is 13.6. The van der Waals surface area contributed by atoms with E-state index in [-0.39, 0.29) is 30.8 Å². The van der Waals surface area contributed by atoms with Crippen LogP contribution in [0, 0.1) is 5.41 Å². The minimum atomic E-state index is -1.86. The zero-order valence-electron chi connectivity index (χ0n) is 19.9. The van der Waals surface area contributed by atoms with Crippen LogP contribution in [0.15, 0.2) is 23.0 Å². The summed E-state index contributed by atoms with van der Waals surface area (Å²) >= 11 is 0. The molecule has 6 rings (SSSR count). The van der Waals surface area contributed by atoms with Crippen LogP contribution in [0.4, 0.5) is 0 Å². The van der Waals surface area contributed by atoms with Gasteiger partial charge in [0.25, 0.3) is 5.56 Å². The Morgan fingerprint density at radius 1 is 1.14 bits per heavy atom. The van der Waals surface area contributed by atoms with Crippen LogP contribution >= 0.6 is 0 Å². The highest BCUT2D eigenvalue weighted by molar-refractivity contribution is 5.91. The molecule has 182 valence electrons. The number of hydrogen-bond acceptors (Lipinski definition) is 8. The van der Waals surface area contributed by atoms with E-state index in [1.807, 2.05) is 12.1 Å². The number of pyridine rings is 2. The Bertz CT molecular complexity index is 1490. The SMILES string of the molecule is CC[C@@]1(O)C(=O)OCc2c1cc1n(c2=O)Cc2c-1nc1cc3c(cc1c2CC(C)(C)CN)OCO3. The number of cyclic esters (lactones) is 1. The number of esters is 1. The summed E-state index contributed by atoms with van der Waals surface area (Å²) in [5, 5.41) is 12.1. The average molecular weight is 478 g/mol. The van der Waals surface area contributed by atoms with Crippen LogP contribution in [0.3, 0.4) is 0 Å². The Morgan fingerprint density at radius 3 is 2.60 bits per heavy atom. The number of carbonyl (C=O) groups excluding carboxylic acids is 1. The molecule has 0 unspecified atom stereocenters. The van der Waals surface area contributed by atoms with E-state index < -0.39 is 11.6 Å². The molecule has 0 aliphatic carbocycles. The van der Waals surface area contributed by atoms with E-state index in [4.69, 9.17) is 24.9 Å². The smallest absolute Gasteiger partial charge is 0.343 e.